The molecule has 1 aromatic heterocycles. The molecule has 0 N–H and O–H groups in total. The summed E-state index contributed by atoms with van der Waals surface area (Å²) in [6.45, 7) is 3.82. The largest absolute Gasteiger partial charge is 0.489 e. The van der Waals surface area contributed by atoms with Crippen LogP contribution in [0.15, 0.2) is 16.9 Å². The van der Waals surface area contributed by atoms with Gasteiger partial charge in [0.15, 0.2) is 5.75 Å². The Kier molecular flexibility index (Phi) is 4.29. The number of nitrogens with zero attached hydrogens (tertiary/aromatic N) is 2. The molecule has 0 spiro atoms. The third kappa shape index (κ3) is 3.20. The quantitative estimate of drug-likeness (QED) is 0.801. The lowest BCUT2D eigenvalue weighted by atomic mass is 10.2. The first kappa shape index (κ1) is 13.0. The van der Waals surface area contributed by atoms with Gasteiger partial charge in [-0.2, -0.15) is 0 Å². The van der Waals surface area contributed by atoms with Gasteiger partial charge in [0.25, 0.3) is 5.91 Å². The summed E-state index contributed by atoms with van der Waals surface area (Å²) in [6.07, 6.45) is 1.57. The fraction of sp³-hybridized carbons (Fsp3) is 0.455. The summed E-state index contributed by atoms with van der Waals surface area (Å²) in [4.78, 5) is 17.5. The summed E-state index contributed by atoms with van der Waals surface area (Å²) >= 11 is 3.24. The van der Waals surface area contributed by atoms with Gasteiger partial charge in [0, 0.05) is 14.1 Å². The van der Waals surface area contributed by atoms with E-state index >= 15 is 0 Å². The topological polar surface area (TPSA) is 42.4 Å². The summed E-state index contributed by atoms with van der Waals surface area (Å²) in [7, 11) is 3.41. The zero-order valence-electron chi connectivity index (χ0n) is 9.82. The van der Waals surface area contributed by atoms with Gasteiger partial charge in [-0.15, -0.1) is 0 Å². The molecule has 0 aromatic carbocycles. The fourth-order valence-electron chi connectivity index (χ4n) is 1.17. The molecule has 88 valence electrons. The van der Waals surface area contributed by atoms with Crippen LogP contribution in [-0.2, 0) is 0 Å². The second-order valence-electron chi connectivity index (χ2n) is 3.87. The number of rotatable bonds is 3. The Hall–Kier alpha value is -1.10. The van der Waals surface area contributed by atoms with Crippen LogP contribution in [-0.4, -0.2) is 36.0 Å². The maximum atomic E-state index is 11.9. The molecule has 4 nitrogen and oxygen atoms in total. The number of ether oxygens (including phenoxy) is 1. The van der Waals surface area contributed by atoms with Crippen molar-refractivity contribution in [1.29, 1.82) is 0 Å². The van der Waals surface area contributed by atoms with E-state index in [9.17, 15) is 4.79 Å². The van der Waals surface area contributed by atoms with E-state index in [1.807, 2.05) is 13.8 Å². The Bertz CT molecular complexity index is 392. The predicted octanol–water partition coefficient (Wildman–Crippen LogP) is 2.33. The molecule has 1 amide bonds. The predicted molar refractivity (Wildman–Crippen MR) is 65.7 cm³/mol. The minimum Gasteiger partial charge on any atom is -0.489 e. The van der Waals surface area contributed by atoms with Gasteiger partial charge in [0.2, 0.25) is 0 Å². The Labute approximate surface area is 104 Å². The van der Waals surface area contributed by atoms with Gasteiger partial charge in [0.05, 0.1) is 17.9 Å². The van der Waals surface area contributed by atoms with Gasteiger partial charge in [-0.3, -0.25) is 4.79 Å². The Morgan fingerprint density at radius 3 is 2.62 bits per heavy atom. The molecule has 1 aromatic rings. The van der Waals surface area contributed by atoms with Crippen molar-refractivity contribution in [2.45, 2.75) is 20.0 Å². The molecule has 0 saturated heterocycles. The number of halogens is 1. The Morgan fingerprint density at radius 1 is 1.50 bits per heavy atom. The minimum atomic E-state index is -0.0984. The number of hydrogen-bond acceptors (Lipinski definition) is 3. The van der Waals surface area contributed by atoms with E-state index in [2.05, 4.69) is 20.9 Å². The molecule has 5 heteroatoms. The van der Waals surface area contributed by atoms with E-state index in [4.69, 9.17) is 4.74 Å². The monoisotopic (exact) mass is 286 g/mol. The molecule has 0 bridgehead atoms. The Morgan fingerprint density at radius 2 is 2.12 bits per heavy atom. The van der Waals surface area contributed by atoms with Crippen molar-refractivity contribution >= 4 is 21.8 Å². The highest BCUT2D eigenvalue weighted by atomic mass is 79.9. The van der Waals surface area contributed by atoms with Gasteiger partial charge in [-0.1, -0.05) is 0 Å². The van der Waals surface area contributed by atoms with Crippen LogP contribution in [0.1, 0.15) is 24.2 Å². The average molecular weight is 287 g/mol. The third-order valence-electron chi connectivity index (χ3n) is 1.83. The standard InChI is InChI=1S/C11H15BrN2O2/c1-7(2)16-9-6-13-10(12)5-8(9)11(15)14(3)4/h5-7H,1-4H3. The van der Waals surface area contributed by atoms with Crippen LogP contribution in [0.2, 0.25) is 0 Å². The average Bonchev–Trinajstić information content (AvgIpc) is 2.18. The van der Waals surface area contributed by atoms with Crippen LogP contribution >= 0.6 is 15.9 Å². The lowest BCUT2D eigenvalue weighted by Crippen LogP contribution is -2.23. The van der Waals surface area contributed by atoms with Gasteiger partial charge < -0.3 is 9.64 Å². The normalized spacial score (nSPS) is 10.4. The van der Waals surface area contributed by atoms with Crippen molar-refractivity contribution in [3.8, 4) is 5.75 Å². The van der Waals surface area contributed by atoms with Crippen LogP contribution in [0.25, 0.3) is 0 Å². The summed E-state index contributed by atoms with van der Waals surface area (Å²) in [5, 5.41) is 0. The molecule has 0 aliphatic carbocycles. The van der Waals surface area contributed by atoms with Gasteiger partial charge in [0.1, 0.15) is 4.60 Å². The van der Waals surface area contributed by atoms with Crippen molar-refractivity contribution in [2.24, 2.45) is 0 Å². The first-order valence-corrected chi connectivity index (χ1v) is 5.75. The highest BCUT2D eigenvalue weighted by Gasteiger charge is 2.16. The zero-order valence-corrected chi connectivity index (χ0v) is 11.4. The van der Waals surface area contributed by atoms with E-state index < -0.39 is 0 Å². The zero-order chi connectivity index (χ0) is 12.3. The van der Waals surface area contributed by atoms with Crippen LogP contribution in [0.5, 0.6) is 5.75 Å². The van der Waals surface area contributed by atoms with Gasteiger partial charge >= 0.3 is 0 Å². The molecule has 0 saturated carbocycles. The van der Waals surface area contributed by atoms with Crippen molar-refractivity contribution in [3.63, 3.8) is 0 Å². The minimum absolute atomic E-state index is 0.0108. The molecule has 1 heterocycles. The molecule has 0 aliphatic heterocycles. The SMILES string of the molecule is CC(C)Oc1cnc(Br)cc1C(=O)N(C)C. The van der Waals surface area contributed by atoms with Crippen molar-refractivity contribution < 1.29 is 9.53 Å². The van der Waals surface area contributed by atoms with Crippen LogP contribution < -0.4 is 4.74 Å². The number of pyridine rings is 1. The summed E-state index contributed by atoms with van der Waals surface area (Å²) in [5.74, 6) is 0.413. The van der Waals surface area contributed by atoms with Crippen molar-refractivity contribution in [2.75, 3.05) is 14.1 Å². The second kappa shape index (κ2) is 5.30. The van der Waals surface area contributed by atoms with Gasteiger partial charge in [-0.05, 0) is 35.8 Å². The summed E-state index contributed by atoms with van der Waals surface area (Å²) in [6, 6.07) is 1.67. The lowest BCUT2D eigenvalue weighted by Gasteiger charge is -2.16. The maximum Gasteiger partial charge on any atom is 0.257 e. The molecule has 0 unspecified atom stereocenters. The van der Waals surface area contributed by atoms with Crippen LogP contribution in [0, 0.1) is 0 Å². The van der Waals surface area contributed by atoms with Crippen LogP contribution in [0.3, 0.4) is 0 Å². The fourth-order valence-corrected chi connectivity index (χ4v) is 1.50. The number of carbonyl (C=O) groups excluding carboxylic acids is 1. The third-order valence-corrected chi connectivity index (χ3v) is 2.27. The molecule has 1 rings (SSSR count). The highest BCUT2D eigenvalue weighted by Crippen LogP contribution is 2.22. The number of hydrogen-bond donors (Lipinski definition) is 0. The van der Waals surface area contributed by atoms with Gasteiger partial charge in [-0.25, -0.2) is 4.98 Å². The first-order chi connectivity index (χ1) is 7.41. The van der Waals surface area contributed by atoms with Crippen molar-refractivity contribution in [3.05, 3.63) is 22.4 Å². The lowest BCUT2D eigenvalue weighted by molar-refractivity contribution is 0.0821. The van der Waals surface area contributed by atoms with Crippen LogP contribution in [0.4, 0.5) is 0 Å². The van der Waals surface area contributed by atoms with E-state index in [-0.39, 0.29) is 12.0 Å². The van der Waals surface area contributed by atoms with Crippen molar-refractivity contribution in [1.82, 2.24) is 9.88 Å². The van der Waals surface area contributed by atoms with E-state index in [1.54, 1.807) is 26.4 Å². The van der Waals surface area contributed by atoms with E-state index in [0.717, 1.165) is 0 Å². The molecular weight excluding hydrogens is 272 g/mol. The second-order valence-corrected chi connectivity index (χ2v) is 4.68. The Balaban J connectivity index is 3.12. The van der Waals surface area contributed by atoms with E-state index in [1.165, 1.54) is 4.90 Å². The molecule has 0 aliphatic rings. The van der Waals surface area contributed by atoms with E-state index in [0.29, 0.717) is 15.9 Å². The smallest absolute Gasteiger partial charge is 0.257 e. The maximum absolute atomic E-state index is 11.9. The molecule has 0 fully saturated rings. The molecular formula is C11H15BrN2O2. The molecule has 0 radical (unpaired) electrons. The summed E-state index contributed by atoms with van der Waals surface area (Å²) < 4.78 is 6.16. The number of carbonyl (C=O) groups is 1. The number of aromatic nitrogens is 1. The number of amides is 1. The summed E-state index contributed by atoms with van der Waals surface area (Å²) in [5.41, 5.74) is 0.514. The highest BCUT2D eigenvalue weighted by molar-refractivity contribution is 9.10. The first-order valence-electron chi connectivity index (χ1n) is 4.95. The molecule has 0 atom stereocenters. The molecule has 16 heavy (non-hydrogen) atoms.